The molecule has 0 spiro atoms. The maximum absolute atomic E-state index is 11.9. The van der Waals surface area contributed by atoms with Gasteiger partial charge in [0.1, 0.15) is 0 Å². The van der Waals surface area contributed by atoms with Gasteiger partial charge in [-0.25, -0.2) is 13.6 Å². The quantitative estimate of drug-likeness (QED) is 0.440. The molecule has 0 unspecified atom stereocenters. The predicted molar refractivity (Wildman–Crippen MR) is 112 cm³/mol. The number of carbonyl (C=O) groups excluding carboxylic acids is 2. The van der Waals surface area contributed by atoms with Crippen molar-refractivity contribution in [1.29, 1.82) is 0 Å². The highest BCUT2D eigenvalue weighted by atomic mass is 32.2. The number of sulfonamides is 1. The number of hydrogen-bond acceptors (Lipinski definition) is 6. The molecule has 0 bridgehead atoms. The van der Waals surface area contributed by atoms with E-state index in [1.54, 1.807) is 0 Å². The first-order valence-electron chi connectivity index (χ1n) is 8.51. The Morgan fingerprint density at radius 3 is 2.34 bits per heavy atom. The van der Waals surface area contributed by atoms with Crippen molar-refractivity contribution < 1.29 is 22.7 Å². The molecule has 0 radical (unpaired) electrons. The van der Waals surface area contributed by atoms with Crippen LogP contribution in [0, 0.1) is 0 Å². The van der Waals surface area contributed by atoms with Crippen LogP contribution in [0.25, 0.3) is 10.8 Å². The number of thioether (sulfide) groups is 1. The molecule has 3 aromatic rings. The zero-order valence-electron chi connectivity index (χ0n) is 15.2. The first kappa shape index (κ1) is 20.8. The zero-order valence-corrected chi connectivity index (χ0v) is 16.8. The van der Waals surface area contributed by atoms with Gasteiger partial charge in [0.25, 0.3) is 5.91 Å². The molecule has 0 aliphatic rings. The van der Waals surface area contributed by atoms with Crippen molar-refractivity contribution in [3.05, 3.63) is 66.7 Å². The van der Waals surface area contributed by atoms with Gasteiger partial charge in [0, 0.05) is 10.6 Å². The number of fused-ring (bicyclic) bond motifs is 1. The van der Waals surface area contributed by atoms with Crippen LogP contribution in [0.1, 0.15) is 0 Å². The van der Waals surface area contributed by atoms with Gasteiger partial charge in [0.15, 0.2) is 6.61 Å². The number of benzene rings is 3. The summed E-state index contributed by atoms with van der Waals surface area (Å²) in [6.45, 7) is -0.436. The molecule has 29 heavy (non-hydrogen) atoms. The van der Waals surface area contributed by atoms with E-state index in [1.807, 2.05) is 42.5 Å². The van der Waals surface area contributed by atoms with E-state index in [1.165, 1.54) is 36.0 Å². The SMILES string of the molecule is NS(=O)(=O)c1ccc(NC(=O)COC(=O)CSc2ccc3ccccc3c2)cc1. The smallest absolute Gasteiger partial charge is 0.316 e. The summed E-state index contributed by atoms with van der Waals surface area (Å²) in [7, 11) is -3.80. The Labute approximate surface area is 172 Å². The molecule has 9 heteroatoms. The number of hydrogen-bond donors (Lipinski definition) is 2. The summed E-state index contributed by atoms with van der Waals surface area (Å²) in [5.41, 5.74) is 0.365. The van der Waals surface area contributed by atoms with Crippen LogP contribution in [0.2, 0.25) is 0 Å². The number of ether oxygens (including phenoxy) is 1. The largest absolute Gasteiger partial charge is 0.455 e. The second-order valence-corrected chi connectivity index (χ2v) is 8.69. The molecule has 0 aliphatic carbocycles. The van der Waals surface area contributed by atoms with Crippen LogP contribution in [0.15, 0.2) is 76.5 Å². The standard InChI is InChI=1S/C20H18N2O5S2/c21-29(25,26)18-9-6-16(7-10-18)22-19(23)12-27-20(24)13-28-17-8-5-14-3-1-2-4-15(14)11-17/h1-11H,12-13H2,(H,22,23)(H2,21,25,26). The van der Waals surface area contributed by atoms with Gasteiger partial charge in [0.2, 0.25) is 10.0 Å². The molecular weight excluding hydrogens is 412 g/mol. The van der Waals surface area contributed by atoms with Gasteiger partial charge < -0.3 is 10.1 Å². The maximum atomic E-state index is 11.9. The number of amides is 1. The van der Waals surface area contributed by atoms with E-state index in [2.05, 4.69) is 5.32 Å². The van der Waals surface area contributed by atoms with Gasteiger partial charge >= 0.3 is 5.97 Å². The molecule has 0 saturated heterocycles. The van der Waals surface area contributed by atoms with E-state index < -0.39 is 28.5 Å². The third-order valence-corrected chi connectivity index (χ3v) is 5.81. The van der Waals surface area contributed by atoms with E-state index in [0.29, 0.717) is 5.69 Å². The molecule has 3 N–H and O–H groups in total. The van der Waals surface area contributed by atoms with E-state index in [0.717, 1.165) is 15.7 Å². The Balaban J connectivity index is 1.45. The fourth-order valence-corrected chi connectivity index (χ4v) is 3.77. The van der Waals surface area contributed by atoms with Crippen molar-refractivity contribution >= 4 is 50.1 Å². The van der Waals surface area contributed by atoms with Gasteiger partial charge in [-0.2, -0.15) is 0 Å². The lowest BCUT2D eigenvalue weighted by Gasteiger charge is -2.07. The number of anilines is 1. The van der Waals surface area contributed by atoms with Gasteiger partial charge in [-0.05, 0) is 47.2 Å². The fourth-order valence-electron chi connectivity index (χ4n) is 2.51. The first-order valence-corrected chi connectivity index (χ1v) is 11.0. The summed E-state index contributed by atoms with van der Waals surface area (Å²) >= 11 is 1.33. The van der Waals surface area contributed by atoms with Gasteiger partial charge in [-0.1, -0.05) is 30.3 Å². The maximum Gasteiger partial charge on any atom is 0.316 e. The monoisotopic (exact) mass is 430 g/mol. The van der Waals surface area contributed by atoms with Gasteiger partial charge in [0.05, 0.1) is 10.6 Å². The number of nitrogens with one attached hydrogen (secondary N) is 1. The third-order valence-electron chi connectivity index (χ3n) is 3.91. The van der Waals surface area contributed by atoms with Crippen LogP contribution in [0.3, 0.4) is 0 Å². The van der Waals surface area contributed by atoms with E-state index in [9.17, 15) is 18.0 Å². The Bertz CT molecular complexity index is 1150. The van der Waals surface area contributed by atoms with Crippen LogP contribution >= 0.6 is 11.8 Å². The fraction of sp³-hybridized carbons (Fsp3) is 0.100. The average molecular weight is 431 g/mol. The Hall–Kier alpha value is -2.88. The van der Waals surface area contributed by atoms with Crippen LogP contribution in [0.5, 0.6) is 0 Å². The summed E-state index contributed by atoms with van der Waals surface area (Å²) in [5, 5.41) is 9.72. The van der Waals surface area contributed by atoms with Crippen molar-refractivity contribution in [2.24, 2.45) is 5.14 Å². The molecular formula is C20H18N2O5S2. The summed E-state index contributed by atoms with van der Waals surface area (Å²) in [4.78, 5) is 24.6. The highest BCUT2D eigenvalue weighted by molar-refractivity contribution is 8.00. The molecule has 0 heterocycles. The Morgan fingerprint density at radius 2 is 1.66 bits per heavy atom. The molecule has 0 atom stereocenters. The van der Waals surface area contributed by atoms with Crippen molar-refractivity contribution in [3.63, 3.8) is 0 Å². The van der Waals surface area contributed by atoms with Gasteiger partial charge in [-0.15, -0.1) is 11.8 Å². The van der Waals surface area contributed by atoms with Crippen molar-refractivity contribution in [3.8, 4) is 0 Å². The van der Waals surface area contributed by atoms with Crippen LogP contribution in [0.4, 0.5) is 5.69 Å². The van der Waals surface area contributed by atoms with E-state index >= 15 is 0 Å². The van der Waals surface area contributed by atoms with Crippen LogP contribution in [-0.4, -0.2) is 32.7 Å². The minimum absolute atomic E-state index is 0.0624. The van der Waals surface area contributed by atoms with E-state index in [4.69, 9.17) is 9.88 Å². The summed E-state index contributed by atoms with van der Waals surface area (Å²) < 4.78 is 27.4. The Morgan fingerprint density at radius 1 is 0.966 bits per heavy atom. The number of rotatable bonds is 7. The van der Waals surface area contributed by atoms with Crippen LogP contribution < -0.4 is 10.5 Å². The summed E-state index contributed by atoms with van der Waals surface area (Å²) in [6.07, 6.45) is 0. The molecule has 0 aliphatic heterocycles. The highest BCUT2D eigenvalue weighted by Crippen LogP contribution is 2.23. The number of primary sulfonamides is 1. The van der Waals surface area contributed by atoms with E-state index in [-0.39, 0.29) is 10.6 Å². The average Bonchev–Trinajstić information content (AvgIpc) is 2.70. The lowest BCUT2D eigenvalue weighted by atomic mass is 10.1. The highest BCUT2D eigenvalue weighted by Gasteiger charge is 2.11. The van der Waals surface area contributed by atoms with Crippen molar-refractivity contribution in [2.75, 3.05) is 17.7 Å². The summed E-state index contributed by atoms with van der Waals surface area (Å²) in [6, 6.07) is 19.2. The minimum atomic E-state index is -3.80. The van der Waals surface area contributed by atoms with Gasteiger partial charge in [-0.3, -0.25) is 9.59 Å². The Kier molecular flexibility index (Phi) is 6.53. The molecule has 150 valence electrons. The summed E-state index contributed by atoms with van der Waals surface area (Å²) in [5.74, 6) is -0.963. The lowest BCUT2D eigenvalue weighted by Crippen LogP contribution is -2.21. The third kappa shape index (κ3) is 6.05. The number of carbonyl (C=O) groups is 2. The second kappa shape index (κ2) is 9.08. The molecule has 0 saturated carbocycles. The molecule has 1 amide bonds. The van der Waals surface area contributed by atoms with Crippen LogP contribution in [-0.2, 0) is 24.3 Å². The lowest BCUT2D eigenvalue weighted by molar-refractivity contribution is -0.144. The molecule has 0 aromatic heterocycles. The zero-order chi connectivity index (χ0) is 20.9. The molecule has 3 aromatic carbocycles. The van der Waals surface area contributed by atoms with Crippen molar-refractivity contribution in [2.45, 2.75) is 9.79 Å². The minimum Gasteiger partial charge on any atom is -0.455 e. The second-order valence-electron chi connectivity index (χ2n) is 6.08. The van der Waals surface area contributed by atoms with Crippen molar-refractivity contribution in [1.82, 2.24) is 0 Å². The predicted octanol–water partition coefficient (Wildman–Crippen LogP) is 2.76. The molecule has 3 rings (SSSR count). The topological polar surface area (TPSA) is 116 Å². The number of nitrogens with two attached hydrogens (primary N) is 1. The number of esters is 1. The molecule has 7 nitrogen and oxygen atoms in total. The first-order chi connectivity index (χ1) is 13.8. The molecule has 0 fully saturated rings. The normalized spacial score (nSPS) is 11.2.